The number of nitrogens with zero attached hydrogens (tertiary/aromatic N) is 4. The number of hydrogen-bond donors (Lipinski definition) is 1. The summed E-state index contributed by atoms with van der Waals surface area (Å²) in [6.45, 7) is 9.53. The molecule has 0 aliphatic heterocycles. The van der Waals surface area contributed by atoms with Crippen LogP contribution in [0.1, 0.15) is 65.2 Å². The smallest absolute Gasteiger partial charge is 0.165 e. The minimum Gasteiger partial charge on any atom is -0.305 e. The Morgan fingerprint density at radius 2 is 2.11 bits per heavy atom. The Balaban J connectivity index is 2.02. The first-order chi connectivity index (χ1) is 8.46. The first-order valence-corrected chi connectivity index (χ1v) is 6.97. The maximum Gasteiger partial charge on any atom is 0.165 e. The second-order valence-electron chi connectivity index (χ2n) is 6.57. The van der Waals surface area contributed by atoms with E-state index < -0.39 is 0 Å². The summed E-state index contributed by atoms with van der Waals surface area (Å²) in [5.41, 5.74) is 0.0939. The standard InChI is InChI=1S/C13H25N5/c1-10-6-5-7-11(8-10)18-12(15-16-17-18)9-14-13(2,3)4/h10-11,14H,5-9H2,1-4H3. The molecule has 0 radical (unpaired) electrons. The summed E-state index contributed by atoms with van der Waals surface area (Å²) in [4.78, 5) is 0. The maximum atomic E-state index is 4.19. The topological polar surface area (TPSA) is 55.6 Å². The molecule has 1 fully saturated rings. The number of rotatable bonds is 3. The largest absolute Gasteiger partial charge is 0.305 e. The molecule has 2 rings (SSSR count). The molecule has 0 spiro atoms. The highest BCUT2D eigenvalue weighted by molar-refractivity contribution is 4.88. The van der Waals surface area contributed by atoms with Gasteiger partial charge >= 0.3 is 0 Å². The van der Waals surface area contributed by atoms with Gasteiger partial charge in [0.25, 0.3) is 0 Å². The summed E-state index contributed by atoms with van der Waals surface area (Å²) in [6, 6.07) is 0.487. The maximum absolute atomic E-state index is 4.19. The van der Waals surface area contributed by atoms with Gasteiger partial charge < -0.3 is 5.32 Å². The predicted molar refractivity (Wildman–Crippen MR) is 71.1 cm³/mol. The van der Waals surface area contributed by atoms with E-state index in [0.717, 1.165) is 18.3 Å². The third-order valence-electron chi connectivity index (χ3n) is 3.59. The van der Waals surface area contributed by atoms with Gasteiger partial charge in [0, 0.05) is 5.54 Å². The summed E-state index contributed by atoms with van der Waals surface area (Å²) in [6.07, 6.45) is 5.04. The van der Waals surface area contributed by atoms with Crippen LogP contribution in [-0.2, 0) is 6.54 Å². The Morgan fingerprint density at radius 3 is 2.78 bits per heavy atom. The van der Waals surface area contributed by atoms with E-state index in [0.29, 0.717) is 6.04 Å². The van der Waals surface area contributed by atoms with Crippen LogP contribution >= 0.6 is 0 Å². The highest BCUT2D eigenvalue weighted by Crippen LogP contribution is 2.31. The van der Waals surface area contributed by atoms with Gasteiger partial charge in [-0.05, 0) is 50.0 Å². The van der Waals surface area contributed by atoms with Crippen molar-refractivity contribution in [2.45, 2.75) is 71.5 Å². The van der Waals surface area contributed by atoms with Gasteiger partial charge in [0.05, 0.1) is 12.6 Å². The molecule has 1 aromatic rings. The molecule has 1 aromatic heterocycles. The lowest BCUT2D eigenvalue weighted by molar-refractivity contribution is 0.255. The second-order valence-corrected chi connectivity index (χ2v) is 6.57. The average molecular weight is 251 g/mol. The van der Waals surface area contributed by atoms with Crippen molar-refractivity contribution in [2.75, 3.05) is 0 Å². The van der Waals surface area contributed by atoms with Crippen molar-refractivity contribution in [3.8, 4) is 0 Å². The first-order valence-electron chi connectivity index (χ1n) is 6.97. The van der Waals surface area contributed by atoms with E-state index in [4.69, 9.17) is 0 Å². The molecule has 0 saturated heterocycles. The van der Waals surface area contributed by atoms with E-state index in [1.165, 1.54) is 25.7 Å². The Morgan fingerprint density at radius 1 is 1.33 bits per heavy atom. The molecular weight excluding hydrogens is 226 g/mol. The van der Waals surface area contributed by atoms with Crippen LogP contribution in [0.3, 0.4) is 0 Å². The lowest BCUT2D eigenvalue weighted by Gasteiger charge is -2.27. The second kappa shape index (κ2) is 5.34. The minimum atomic E-state index is 0.0939. The zero-order valence-corrected chi connectivity index (χ0v) is 12.0. The summed E-state index contributed by atoms with van der Waals surface area (Å²) in [5.74, 6) is 1.75. The van der Waals surface area contributed by atoms with Crippen molar-refractivity contribution in [1.82, 2.24) is 25.5 Å². The van der Waals surface area contributed by atoms with E-state index in [2.05, 4.69) is 48.5 Å². The lowest BCUT2D eigenvalue weighted by atomic mass is 9.87. The summed E-state index contributed by atoms with van der Waals surface area (Å²) in [5, 5.41) is 15.6. The average Bonchev–Trinajstić information content (AvgIpc) is 2.73. The minimum absolute atomic E-state index is 0.0939. The Hall–Kier alpha value is -0.970. The fourth-order valence-electron chi connectivity index (χ4n) is 2.58. The molecule has 0 bridgehead atoms. The number of hydrogen-bond acceptors (Lipinski definition) is 4. The molecule has 1 aliphatic carbocycles. The Labute approximate surface area is 109 Å². The van der Waals surface area contributed by atoms with Crippen LogP contribution in [0.25, 0.3) is 0 Å². The fraction of sp³-hybridized carbons (Fsp3) is 0.923. The molecule has 5 heteroatoms. The van der Waals surface area contributed by atoms with Crippen LogP contribution in [0, 0.1) is 5.92 Å². The molecule has 1 heterocycles. The molecule has 5 nitrogen and oxygen atoms in total. The van der Waals surface area contributed by atoms with Crippen LogP contribution in [0.2, 0.25) is 0 Å². The molecule has 0 amide bonds. The van der Waals surface area contributed by atoms with Crippen LogP contribution in [0.4, 0.5) is 0 Å². The third kappa shape index (κ3) is 3.51. The lowest BCUT2D eigenvalue weighted by Crippen LogP contribution is -2.36. The fourth-order valence-corrected chi connectivity index (χ4v) is 2.58. The van der Waals surface area contributed by atoms with Gasteiger partial charge in [-0.15, -0.1) is 5.10 Å². The van der Waals surface area contributed by atoms with Crippen molar-refractivity contribution in [3.05, 3.63) is 5.82 Å². The monoisotopic (exact) mass is 251 g/mol. The molecular formula is C13H25N5. The molecule has 2 unspecified atom stereocenters. The van der Waals surface area contributed by atoms with Crippen LogP contribution < -0.4 is 5.32 Å². The van der Waals surface area contributed by atoms with Crippen molar-refractivity contribution < 1.29 is 0 Å². The van der Waals surface area contributed by atoms with E-state index in [9.17, 15) is 0 Å². The molecule has 18 heavy (non-hydrogen) atoms. The normalized spacial score (nSPS) is 25.3. The van der Waals surface area contributed by atoms with Gasteiger partial charge in [-0.2, -0.15) is 0 Å². The highest BCUT2D eigenvalue weighted by Gasteiger charge is 2.24. The van der Waals surface area contributed by atoms with Gasteiger partial charge in [-0.1, -0.05) is 19.8 Å². The molecule has 1 saturated carbocycles. The quantitative estimate of drug-likeness (QED) is 0.895. The van der Waals surface area contributed by atoms with Crippen LogP contribution in [-0.4, -0.2) is 25.7 Å². The van der Waals surface area contributed by atoms with E-state index in [1.54, 1.807) is 0 Å². The van der Waals surface area contributed by atoms with Gasteiger partial charge in [0.2, 0.25) is 0 Å². The predicted octanol–water partition coefficient (Wildman–Crippen LogP) is 2.31. The van der Waals surface area contributed by atoms with Gasteiger partial charge in [-0.25, -0.2) is 4.68 Å². The highest BCUT2D eigenvalue weighted by atomic mass is 15.6. The number of nitrogens with one attached hydrogen (secondary N) is 1. The molecule has 1 aliphatic rings. The SMILES string of the molecule is CC1CCCC(n2nnnc2CNC(C)(C)C)C1. The Kier molecular flexibility index (Phi) is 4.00. The van der Waals surface area contributed by atoms with E-state index in [1.807, 2.05) is 4.68 Å². The first kappa shape index (κ1) is 13.5. The Bertz CT molecular complexity index is 379. The van der Waals surface area contributed by atoms with Crippen molar-refractivity contribution >= 4 is 0 Å². The molecule has 1 N–H and O–H groups in total. The molecule has 0 aromatic carbocycles. The van der Waals surface area contributed by atoms with E-state index >= 15 is 0 Å². The van der Waals surface area contributed by atoms with Crippen molar-refractivity contribution in [1.29, 1.82) is 0 Å². The van der Waals surface area contributed by atoms with Gasteiger partial charge in [0.1, 0.15) is 0 Å². The summed E-state index contributed by atoms with van der Waals surface area (Å²) < 4.78 is 2.04. The summed E-state index contributed by atoms with van der Waals surface area (Å²) >= 11 is 0. The van der Waals surface area contributed by atoms with Crippen LogP contribution in [0.5, 0.6) is 0 Å². The van der Waals surface area contributed by atoms with Gasteiger partial charge in [0.15, 0.2) is 5.82 Å². The molecule has 2 atom stereocenters. The molecule has 102 valence electrons. The zero-order chi connectivity index (χ0) is 13.2. The zero-order valence-electron chi connectivity index (χ0n) is 12.0. The van der Waals surface area contributed by atoms with E-state index in [-0.39, 0.29) is 5.54 Å². The van der Waals surface area contributed by atoms with Crippen LogP contribution in [0.15, 0.2) is 0 Å². The van der Waals surface area contributed by atoms with Crippen molar-refractivity contribution in [3.63, 3.8) is 0 Å². The number of tetrazole rings is 1. The van der Waals surface area contributed by atoms with Gasteiger partial charge in [-0.3, -0.25) is 0 Å². The number of aromatic nitrogens is 4. The van der Waals surface area contributed by atoms with Crippen molar-refractivity contribution in [2.24, 2.45) is 5.92 Å². The summed E-state index contributed by atoms with van der Waals surface area (Å²) in [7, 11) is 0. The third-order valence-corrected chi connectivity index (χ3v) is 3.59.